The molecule has 0 fully saturated rings. The first-order valence-electron chi connectivity index (χ1n) is 8.38. The molecule has 1 N–H and O–H groups in total. The third-order valence-electron chi connectivity index (χ3n) is 4.40. The van der Waals surface area contributed by atoms with Gasteiger partial charge < -0.3 is 9.88 Å². The van der Waals surface area contributed by atoms with Crippen molar-refractivity contribution in [3.05, 3.63) is 83.9 Å². The number of hydrogen-bond acceptors (Lipinski definition) is 4. The molecule has 4 rings (SSSR count). The molecule has 0 saturated carbocycles. The summed E-state index contributed by atoms with van der Waals surface area (Å²) in [5.41, 5.74) is -1.46. The molecule has 2 aromatic carbocycles. The Hall–Kier alpha value is -3.49. The lowest BCUT2D eigenvalue weighted by Gasteiger charge is -2.15. The summed E-state index contributed by atoms with van der Waals surface area (Å²) in [5, 5.41) is 9.02. The van der Waals surface area contributed by atoms with Crippen LogP contribution in [0.4, 0.5) is 13.2 Å². The fourth-order valence-electron chi connectivity index (χ4n) is 2.85. The predicted molar refractivity (Wildman–Crippen MR) is 93.8 cm³/mol. The maximum absolute atomic E-state index is 13.0. The highest BCUT2D eigenvalue weighted by Crippen LogP contribution is 2.52. The average Bonchev–Trinajstić information content (AvgIpc) is 3.40. The number of nitrogens with one attached hydrogen (secondary N) is 1. The maximum Gasteiger partial charge on any atom is 0.442 e. The van der Waals surface area contributed by atoms with Crippen molar-refractivity contribution < 1.29 is 18.0 Å². The van der Waals surface area contributed by atoms with Gasteiger partial charge in [-0.3, -0.25) is 4.79 Å². The summed E-state index contributed by atoms with van der Waals surface area (Å²) in [4.78, 5) is 16.6. The Morgan fingerprint density at radius 2 is 1.71 bits per heavy atom. The van der Waals surface area contributed by atoms with Crippen molar-refractivity contribution in [3.8, 4) is 5.69 Å². The van der Waals surface area contributed by atoms with Crippen molar-refractivity contribution in [2.24, 2.45) is 10.2 Å². The molecule has 28 heavy (non-hydrogen) atoms. The zero-order chi connectivity index (χ0) is 19.8. The Bertz CT molecular complexity index is 1020. The van der Waals surface area contributed by atoms with Crippen LogP contribution < -0.4 is 5.32 Å². The molecule has 1 aromatic heterocycles. The van der Waals surface area contributed by atoms with Crippen molar-refractivity contribution in [3.63, 3.8) is 0 Å². The SMILES string of the molecule is O=C(NCc1nccn1-c1ccccc1)c1ccc(C2(C(F)(F)F)N=N2)cc1. The number of carbonyl (C=O) groups excluding carboxylic acids is 1. The summed E-state index contributed by atoms with van der Waals surface area (Å²) in [6.45, 7) is 0.166. The topological polar surface area (TPSA) is 71.6 Å². The first-order chi connectivity index (χ1) is 13.4. The van der Waals surface area contributed by atoms with Crippen molar-refractivity contribution in [2.75, 3.05) is 0 Å². The van der Waals surface area contributed by atoms with Gasteiger partial charge in [0.2, 0.25) is 0 Å². The normalized spacial score (nSPS) is 14.7. The van der Waals surface area contributed by atoms with Gasteiger partial charge in [-0.2, -0.15) is 13.2 Å². The molecule has 1 aliphatic heterocycles. The van der Waals surface area contributed by atoms with Crippen LogP contribution in [-0.2, 0) is 12.2 Å². The van der Waals surface area contributed by atoms with Gasteiger partial charge in [-0.25, -0.2) is 4.98 Å². The largest absolute Gasteiger partial charge is 0.442 e. The smallest absolute Gasteiger partial charge is 0.345 e. The van der Waals surface area contributed by atoms with Crippen LogP contribution in [0.3, 0.4) is 0 Å². The maximum atomic E-state index is 13.0. The number of hydrogen-bond donors (Lipinski definition) is 1. The number of alkyl halides is 3. The van der Waals surface area contributed by atoms with Gasteiger partial charge in [0.1, 0.15) is 5.82 Å². The fraction of sp³-hybridized carbons (Fsp3) is 0.158. The highest BCUT2D eigenvalue weighted by atomic mass is 19.4. The van der Waals surface area contributed by atoms with E-state index in [0.717, 1.165) is 5.69 Å². The van der Waals surface area contributed by atoms with Crippen LogP contribution in [0.15, 0.2) is 77.2 Å². The molecule has 0 atom stereocenters. The van der Waals surface area contributed by atoms with Crippen molar-refractivity contribution >= 4 is 5.91 Å². The molecule has 0 bridgehead atoms. The van der Waals surface area contributed by atoms with Crippen LogP contribution in [0, 0.1) is 0 Å². The average molecular weight is 385 g/mol. The van der Waals surface area contributed by atoms with Crippen LogP contribution in [-0.4, -0.2) is 21.6 Å². The van der Waals surface area contributed by atoms with E-state index in [1.807, 2.05) is 34.9 Å². The Kier molecular flexibility index (Phi) is 4.21. The number of imidazole rings is 1. The van der Waals surface area contributed by atoms with E-state index in [1.54, 1.807) is 12.4 Å². The molecule has 142 valence electrons. The van der Waals surface area contributed by atoms with E-state index >= 15 is 0 Å². The third-order valence-corrected chi connectivity index (χ3v) is 4.40. The third kappa shape index (κ3) is 3.15. The lowest BCUT2D eigenvalue weighted by atomic mass is 10.0. The zero-order valence-corrected chi connectivity index (χ0v) is 14.4. The summed E-state index contributed by atoms with van der Waals surface area (Å²) in [6.07, 6.45) is -1.18. The van der Waals surface area contributed by atoms with Crippen molar-refractivity contribution in [1.82, 2.24) is 14.9 Å². The number of aromatic nitrogens is 2. The van der Waals surface area contributed by atoms with E-state index in [0.29, 0.717) is 5.82 Å². The second kappa shape index (κ2) is 6.59. The molecule has 0 aliphatic carbocycles. The van der Waals surface area contributed by atoms with Crippen LogP contribution in [0.1, 0.15) is 21.7 Å². The van der Waals surface area contributed by atoms with Gasteiger partial charge in [-0.05, 0) is 24.3 Å². The molecule has 2 heterocycles. The van der Waals surface area contributed by atoms with Gasteiger partial charge in [0.15, 0.2) is 0 Å². The quantitative estimate of drug-likeness (QED) is 0.722. The molecular formula is C19H14F3N5O. The number of amides is 1. The highest BCUT2D eigenvalue weighted by molar-refractivity contribution is 5.94. The summed E-state index contributed by atoms with van der Waals surface area (Å²) < 4.78 is 40.9. The number of rotatable bonds is 5. The summed E-state index contributed by atoms with van der Waals surface area (Å²) >= 11 is 0. The molecule has 9 heteroatoms. The standard InChI is InChI=1S/C19H14F3N5O/c20-19(21,22)18(25-26-18)14-8-6-13(7-9-14)17(28)24-12-16-23-10-11-27(16)15-4-2-1-3-5-15/h1-11H,12H2,(H,24,28). The van der Waals surface area contributed by atoms with Gasteiger partial charge in [0, 0.05) is 29.2 Å². The molecule has 6 nitrogen and oxygen atoms in total. The van der Waals surface area contributed by atoms with Gasteiger partial charge in [0.25, 0.3) is 5.91 Å². The Morgan fingerprint density at radius 1 is 1.04 bits per heavy atom. The highest BCUT2D eigenvalue weighted by Gasteiger charge is 2.65. The van der Waals surface area contributed by atoms with Gasteiger partial charge in [-0.1, -0.05) is 30.3 Å². The van der Waals surface area contributed by atoms with E-state index in [1.165, 1.54) is 24.3 Å². The van der Waals surface area contributed by atoms with E-state index in [2.05, 4.69) is 20.5 Å². The van der Waals surface area contributed by atoms with Gasteiger partial charge >= 0.3 is 11.8 Å². The first-order valence-corrected chi connectivity index (χ1v) is 8.38. The predicted octanol–water partition coefficient (Wildman–Crippen LogP) is 3.98. The van der Waals surface area contributed by atoms with Crippen LogP contribution in [0.2, 0.25) is 0 Å². The monoisotopic (exact) mass is 385 g/mol. The Balaban J connectivity index is 1.44. The minimum atomic E-state index is -4.59. The Morgan fingerprint density at radius 3 is 2.32 bits per heavy atom. The van der Waals surface area contributed by atoms with Crippen LogP contribution in [0.25, 0.3) is 5.69 Å². The minimum Gasteiger partial charge on any atom is -0.345 e. The number of nitrogens with zero attached hydrogens (tertiary/aromatic N) is 4. The molecule has 1 aliphatic rings. The zero-order valence-electron chi connectivity index (χ0n) is 14.4. The molecule has 0 radical (unpaired) electrons. The molecule has 0 spiro atoms. The lowest BCUT2D eigenvalue weighted by molar-refractivity contribution is -0.166. The first kappa shape index (κ1) is 17.9. The van der Waals surface area contributed by atoms with E-state index in [4.69, 9.17) is 0 Å². The Labute approximate surface area is 157 Å². The van der Waals surface area contributed by atoms with Crippen molar-refractivity contribution in [1.29, 1.82) is 0 Å². The number of halogens is 3. The molecule has 1 amide bonds. The second-order valence-corrected chi connectivity index (χ2v) is 6.18. The number of para-hydroxylation sites is 1. The minimum absolute atomic E-state index is 0.115. The van der Waals surface area contributed by atoms with Gasteiger partial charge in [-0.15, -0.1) is 10.2 Å². The fourth-order valence-corrected chi connectivity index (χ4v) is 2.85. The van der Waals surface area contributed by atoms with E-state index in [9.17, 15) is 18.0 Å². The van der Waals surface area contributed by atoms with Crippen LogP contribution >= 0.6 is 0 Å². The molecular weight excluding hydrogens is 371 g/mol. The number of benzene rings is 2. The van der Waals surface area contributed by atoms with Crippen molar-refractivity contribution in [2.45, 2.75) is 18.4 Å². The number of carbonyl (C=O) groups is 1. The van der Waals surface area contributed by atoms with E-state index in [-0.39, 0.29) is 17.7 Å². The second-order valence-electron chi connectivity index (χ2n) is 6.18. The lowest BCUT2D eigenvalue weighted by Crippen LogP contribution is -2.30. The molecule has 0 saturated heterocycles. The van der Waals surface area contributed by atoms with E-state index < -0.39 is 17.7 Å². The summed E-state index contributed by atoms with van der Waals surface area (Å²) in [5.74, 6) is 0.211. The van der Waals surface area contributed by atoms with Crippen LogP contribution in [0.5, 0.6) is 0 Å². The summed E-state index contributed by atoms with van der Waals surface area (Å²) in [7, 11) is 0. The van der Waals surface area contributed by atoms with Gasteiger partial charge in [0.05, 0.1) is 6.54 Å². The molecule has 0 unspecified atom stereocenters. The summed E-state index contributed by atoms with van der Waals surface area (Å²) in [6, 6.07) is 14.6. The molecule has 3 aromatic rings.